The number of nitrogens with one attached hydrogen (secondary N) is 1. The molecule has 6 heteroatoms. The fraction of sp³-hybridized carbons (Fsp3) is 0.375. The number of thiophene rings is 1. The van der Waals surface area contributed by atoms with E-state index in [-0.39, 0.29) is 6.04 Å². The van der Waals surface area contributed by atoms with Crippen LogP contribution < -0.4 is 4.72 Å². The Kier molecular flexibility index (Phi) is 4.93. The van der Waals surface area contributed by atoms with Gasteiger partial charge in [0.05, 0.1) is 0 Å². The standard InChI is InChI=1S/C16H20N2O2S2/c19-22(20,16-9-6-12-21-16)17-13-15(18-10-4-5-11-18)14-7-2-1-3-8-14/h1-3,6-9,12,15,17H,4-5,10-11,13H2. The van der Waals surface area contributed by atoms with Crippen molar-refractivity contribution >= 4 is 21.4 Å². The van der Waals surface area contributed by atoms with Gasteiger partial charge in [-0.05, 0) is 42.9 Å². The molecule has 22 heavy (non-hydrogen) atoms. The molecule has 1 aromatic carbocycles. The summed E-state index contributed by atoms with van der Waals surface area (Å²) in [5.41, 5.74) is 1.17. The Labute approximate surface area is 135 Å². The molecule has 0 aliphatic carbocycles. The summed E-state index contributed by atoms with van der Waals surface area (Å²) in [6.07, 6.45) is 2.36. The number of benzene rings is 1. The number of nitrogens with zero attached hydrogens (tertiary/aromatic N) is 1. The predicted octanol–water partition coefficient (Wildman–Crippen LogP) is 2.86. The van der Waals surface area contributed by atoms with Crippen molar-refractivity contribution in [2.45, 2.75) is 23.1 Å². The fourth-order valence-corrected chi connectivity index (χ4v) is 4.94. The molecule has 0 saturated carbocycles. The molecule has 4 nitrogen and oxygen atoms in total. The lowest BCUT2D eigenvalue weighted by atomic mass is 10.1. The van der Waals surface area contributed by atoms with Crippen LogP contribution in [0.2, 0.25) is 0 Å². The van der Waals surface area contributed by atoms with Crippen LogP contribution >= 0.6 is 11.3 Å². The molecule has 0 radical (unpaired) electrons. The van der Waals surface area contributed by atoms with E-state index in [9.17, 15) is 8.42 Å². The molecule has 1 aliphatic rings. The maximum absolute atomic E-state index is 12.3. The lowest BCUT2D eigenvalue weighted by Gasteiger charge is -2.28. The third kappa shape index (κ3) is 3.57. The van der Waals surface area contributed by atoms with Crippen LogP contribution in [0.1, 0.15) is 24.4 Å². The van der Waals surface area contributed by atoms with Crippen molar-refractivity contribution in [3.8, 4) is 0 Å². The van der Waals surface area contributed by atoms with Gasteiger partial charge in [-0.3, -0.25) is 4.90 Å². The normalized spacial score (nSPS) is 17.6. The van der Waals surface area contributed by atoms with Crippen LogP contribution in [0.15, 0.2) is 52.1 Å². The van der Waals surface area contributed by atoms with Crippen LogP contribution in [0.3, 0.4) is 0 Å². The van der Waals surface area contributed by atoms with Crippen molar-refractivity contribution in [1.29, 1.82) is 0 Å². The summed E-state index contributed by atoms with van der Waals surface area (Å²) in [7, 11) is -3.41. The van der Waals surface area contributed by atoms with Gasteiger partial charge in [0.2, 0.25) is 10.0 Å². The second-order valence-electron chi connectivity index (χ2n) is 5.45. The van der Waals surface area contributed by atoms with Gasteiger partial charge in [-0.2, -0.15) is 0 Å². The number of sulfonamides is 1. The Hall–Kier alpha value is -1.21. The molecule has 2 aromatic rings. The molecule has 2 heterocycles. The van der Waals surface area contributed by atoms with E-state index in [1.165, 1.54) is 29.7 Å². The first kappa shape index (κ1) is 15.7. The van der Waals surface area contributed by atoms with Gasteiger partial charge in [0.1, 0.15) is 4.21 Å². The Morgan fingerprint density at radius 1 is 1.09 bits per heavy atom. The maximum atomic E-state index is 12.3. The minimum Gasteiger partial charge on any atom is -0.295 e. The summed E-state index contributed by atoms with van der Waals surface area (Å²) in [5.74, 6) is 0. The fourth-order valence-electron chi connectivity index (χ4n) is 2.86. The predicted molar refractivity (Wildman–Crippen MR) is 89.5 cm³/mol. The second-order valence-corrected chi connectivity index (χ2v) is 8.40. The molecule has 1 N–H and O–H groups in total. The third-order valence-corrected chi connectivity index (χ3v) is 6.81. The van der Waals surface area contributed by atoms with E-state index in [1.807, 2.05) is 18.2 Å². The van der Waals surface area contributed by atoms with Crippen molar-refractivity contribution in [1.82, 2.24) is 9.62 Å². The SMILES string of the molecule is O=S(=O)(NCC(c1ccccc1)N1CCCC1)c1cccs1. The van der Waals surface area contributed by atoms with Crippen molar-refractivity contribution in [3.63, 3.8) is 0 Å². The molecule has 3 rings (SSSR count). The molecule has 1 unspecified atom stereocenters. The van der Waals surface area contributed by atoms with Crippen molar-refractivity contribution < 1.29 is 8.42 Å². The zero-order valence-electron chi connectivity index (χ0n) is 12.3. The highest BCUT2D eigenvalue weighted by Gasteiger charge is 2.25. The van der Waals surface area contributed by atoms with Crippen LogP contribution in [0, 0.1) is 0 Å². The average molecular weight is 336 g/mol. The summed E-state index contributed by atoms with van der Waals surface area (Å²) in [6, 6.07) is 13.6. The van der Waals surface area contributed by atoms with Crippen molar-refractivity contribution in [2.24, 2.45) is 0 Å². The molecular weight excluding hydrogens is 316 g/mol. The van der Waals surface area contributed by atoms with E-state index in [1.54, 1.807) is 17.5 Å². The molecule has 0 bridgehead atoms. The molecule has 1 fully saturated rings. The van der Waals surface area contributed by atoms with Gasteiger partial charge in [0.15, 0.2) is 0 Å². The van der Waals surface area contributed by atoms with Gasteiger partial charge in [-0.1, -0.05) is 36.4 Å². The Bertz CT molecular complexity index is 678. The molecule has 1 aliphatic heterocycles. The molecular formula is C16H20N2O2S2. The van der Waals surface area contributed by atoms with E-state index < -0.39 is 10.0 Å². The van der Waals surface area contributed by atoms with Gasteiger partial charge in [-0.25, -0.2) is 13.1 Å². The molecule has 0 amide bonds. The van der Waals surface area contributed by atoms with Gasteiger partial charge in [0, 0.05) is 12.6 Å². The monoisotopic (exact) mass is 336 g/mol. The maximum Gasteiger partial charge on any atom is 0.250 e. The first-order valence-corrected chi connectivity index (χ1v) is 9.85. The van der Waals surface area contributed by atoms with E-state index in [4.69, 9.17) is 0 Å². The summed E-state index contributed by atoms with van der Waals surface area (Å²) in [4.78, 5) is 2.37. The average Bonchev–Trinajstić information content (AvgIpc) is 3.22. The number of rotatable bonds is 6. The third-order valence-electron chi connectivity index (χ3n) is 3.99. The molecule has 0 spiro atoms. The zero-order valence-corrected chi connectivity index (χ0v) is 13.9. The number of likely N-dealkylation sites (tertiary alicyclic amines) is 1. The Morgan fingerprint density at radius 3 is 2.45 bits per heavy atom. The van der Waals surface area contributed by atoms with Crippen LogP contribution in [0.25, 0.3) is 0 Å². The van der Waals surface area contributed by atoms with E-state index >= 15 is 0 Å². The second kappa shape index (κ2) is 6.91. The summed E-state index contributed by atoms with van der Waals surface area (Å²) >= 11 is 1.25. The van der Waals surface area contributed by atoms with Gasteiger partial charge in [-0.15, -0.1) is 11.3 Å². The molecule has 118 valence electrons. The Morgan fingerprint density at radius 2 is 1.82 bits per heavy atom. The molecule has 1 saturated heterocycles. The number of hydrogen-bond donors (Lipinski definition) is 1. The molecule has 1 atom stereocenters. The summed E-state index contributed by atoms with van der Waals surface area (Å²) < 4.78 is 27.8. The van der Waals surface area contributed by atoms with Crippen molar-refractivity contribution in [3.05, 3.63) is 53.4 Å². The zero-order chi connectivity index (χ0) is 15.4. The highest BCUT2D eigenvalue weighted by molar-refractivity contribution is 7.91. The van der Waals surface area contributed by atoms with Crippen LogP contribution in [0.5, 0.6) is 0 Å². The van der Waals surface area contributed by atoms with Crippen molar-refractivity contribution in [2.75, 3.05) is 19.6 Å². The molecule has 1 aromatic heterocycles. The smallest absolute Gasteiger partial charge is 0.250 e. The minimum absolute atomic E-state index is 0.0958. The van der Waals surface area contributed by atoms with E-state index in [2.05, 4.69) is 21.8 Å². The van der Waals surface area contributed by atoms with E-state index in [0.717, 1.165) is 13.1 Å². The van der Waals surface area contributed by atoms with Crippen LogP contribution in [0.4, 0.5) is 0 Å². The van der Waals surface area contributed by atoms with Crippen LogP contribution in [-0.2, 0) is 10.0 Å². The summed E-state index contributed by atoms with van der Waals surface area (Å²) in [5, 5.41) is 1.78. The van der Waals surface area contributed by atoms with Gasteiger partial charge in [0.25, 0.3) is 0 Å². The number of hydrogen-bond acceptors (Lipinski definition) is 4. The van der Waals surface area contributed by atoms with E-state index in [0.29, 0.717) is 10.8 Å². The lowest BCUT2D eigenvalue weighted by molar-refractivity contribution is 0.246. The quantitative estimate of drug-likeness (QED) is 0.882. The highest BCUT2D eigenvalue weighted by atomic mass is 32.2. The van der Waals surface area contributed by atoms with Gasteiger partial charge < -0.3 is 0 Å². The first-order chi connectivity index (χ1) is 10.7. The first-order valence-electron chi connectivity index (χ1n) is 7.49. The highest BCUT2D eigenvalue weighted by Crippen LogP contribution is 2.25. The summed E-state index contributed by atoms with van der Waals surface area (Å²) in [6.45, 7) is 2.46. The minimum atomic E-state index is -3.41. The largest absolute Gasteiger partial charge is 0.295 e. The Balaban J connectivity index is 1.76. The van der Waals surface area contributed by atoms with Gasteiger partial charge >= 0.3 is 0 Å². The lowest BCUT2D eigenvalue weighted by Crippen LogP contribution is -2.36. The van der Waals surface area contributed by atoms with Crippen LogP contribution in [-0.4, -0.2) is 33.0 Å². The topological polar surface area (TPSA) is 49.4 Å².